The molecule has 1 aliphatic rings. The molecule has 2 rings (SSSR count). The van der Waals surface area contributed by atoms with Crippen molar-refractivity contribution in [2.75, 3.05) is 26.3 Å². The van der Waals surface area contributed by atoms with Crippen LogP contribution < -0.4 is 0 Å². The molecular formula is C10H11N3O3S. The summed E-state index contributed by atoms with van der Waals surface area (Å²) in [4.78, 5) is 3.87. The van der Waals surface area contributed by atoms with Gasteiger partial charge in [-0.1, -0.05) is 0 Å². The lowest BCUT2D eigenvalue weighted by Crippen LogP contribution is -2.40. The molecule has 0 atom stereocenters. The number of hydrogen-bond donors (Lipinski definition) is 0. The number of aromatic nitrogens is 1. The largest absolute Gasteiger partial charge is 0.379 e. The molecule has 1 aliphatic heterocycles. The maximum Gasteiger partial charge on any atom is 0.244 e. The summed E-state index contributed by atoms with van der Waals surface area (Å²) in [5.41, 5.74) is 0.200. The lowest BCUT2D eigenvalue weighted by atomic mass is 10.4. The van der Waals surface area contributed by atoms with Gasteiger partial charge in [0.1, 0.15) is 16.7 Å². The third-order valence-corrected chi connectivity index (χ3v) is 4.34. The van der Waals surface area contributed by atoms with Crippen molar-refractivity contribution in [3.63, 3.8) is 0 Å². The Morgan fingerprint density at radius 1 is 1.35 bits per heavy atom. The molecule has 90 valence electrons. The second-order valence-electron chi connectivity index (χ2n) is 3.51. The SMILES string of the molecule is N#Cc1ccc(S(=O)(=O)N2CCOCC2)cn1. The zero-order valence-electron chi connectivity index (χ0n) is 9.04. The Morgan fingerprint density at radius 3 is 2.59 bits per heavy atom. The molecule has 1 aromatic heterocycles. The number of nitriles is 1. The predicted molar refractivity (Wildman–Crippen MR) is 58.5 cm³/mol. The molecule has 0 spiro atoms. The van der Waals surface area contributed by atoms with Crippen LogP contribution in [0.1, 0.15) is 5.69 Å². The van der Waals surface area contributed by atoms with Gasteiger partial charge in [-0.15, -0.1) is 0 Å². The molecule has 17 heavy (non-hydrogen) atoms. The van der Waals surface area contributed by atoms with Crippen LogP contribution in [0.2, 0.25) is 0 Å². The minimum atomic E-state index is -3.51. The number of rotatable bonds is 2. The van der Waals surface area contributed by atoms with E-state index in [1.807, 2.05) is 6.07 Å². The van der Waals surface area contributed by atoms with Gasteiger partial charge in [-0.2, -0.15) is 9.57 Å². The van der Waals surface area contributed by atoms with Crippen LogP contribution in [0.25, 0.3) is 0 Å². The highest BCUT2D eigenvalue weighted by Crippen LogP contribution is 2.15. The summed E-state index contributed by atoms with van der Waals surface area (Å²) in [6, 6.07) is 4.64. The zero-order chi connectivity index (χ0) is 12.3. The number of sulfonamides is 1. The first kappa shape index (κ1) is 12.0. The van der Waals surface area contributed by atoms with Gasteiger partial charge in [-0.3, -0.25) is 0 Å². The maximum atomic E-state index is 12.1. The summed E-state index contributed by atoms with van der Waals surface area (Å²) in [7, 11) is -3.51. The van der Waals surface area contributed by atoms with E-state index in [-0.39, 0.29) is 10.6 Å². The minimum Gasteiger partial charge on any atom is -0.379 e. The van der Waals surface area contributed by atoms with Crippen LogP contribution in [0.3, 0.4) is 0 Å². The van der Waals surface area contributed by atoms with Crippen LogP contribution >= 0.6 is 0 Å². The lowest BCUT2D eigenvalue weighted by molar-refractivity contribution is 0.0730. The van der Waals surface area contributed by atoms with Crippen LogP contribution in [-0.4, -0.2) is 44.0 Å². The third-order valence-electron chi connectivity index (χ3n) is 2.46. The van der Waals surface area contributed by atoms with Gasteiger partial charge < -0.3 is 4.74 Å². The fourth-order valence-electron chi connectivity index (χ4n) is 1.54. The monoisotopic (exact) mass is 253 g/mol. The Hall–Kier alpha value is -1.49. The van der Waals surface area contributed by atoms with Crippen molar-refractivity contribution in [3.8, 4) is 6.07 Å². The first-order valence-corrected chi connectivity index (χ1v) is 6.52. The Morgan fingerprint density at radius 2 is 2.06 bits per heavy atom. The number of ether oxygens (including phenoxy) is 1. The molecule has 2 heterocycles. The second-order valence-corrected chi connectivity index (χ2v) is 5.45. The van der Waals surface area contributed by atoms with E-state index in [2.05, 4.69) is 4.98 Å². The smallest absolute Gasteiger partial charge is 0.244 e. The van der Waals surface area contributed by atoms with Crippen LogP contribution in [0, 0.1) is 11.3 Å². The van der Waals surface area contributed by atoms with Gasteiger partial charge in [0.15, 0.2) is 0 Å². The third kappa shape index (κ3) is 2.44. The number of pyridine rings is 1. The molecule has 0 unspecified atom stereocenters. The Bertz CT molecular complexity index is 527. The van der Waals surface area contributed by atoms with Crippen molar-refractivity contribution in [2.24, 2.45) is 0 Å². The average molecular weight is 253 g/mol. The van der Waals surface area contributed by atoms with Gasteiger partial charge in [-0.25, -0.2) is 13.4 Å². The number of nitrogens with zero attached hydrogens (tertiary/aromatic N) is 3. The Kier molecular flexibility index (Phi) is 3.38. The normalized spacial score (nSPS) is 17.6. The van der Waals surface area contributed by atoms with Crippen molar-refractivity contribution in [1.82, 2.24) is 9.29 Å². The summed E-state index contributed by atoms with van der Waals surface area (Å²) in [5.74, 6) is 0. The summed E-state index contributed by atoms with van der Waals surface area (Å²) in [5, 5.41) is 8.59. The highest BCUT2D eigenvalue weighted by atomic mass is 32.2. The van der Waals surface area contributed by atoms with Gasteiger partial charge in [0.25, 0.3) is 0 Å². The van der Waals surface area contributed by atoms with E-state index in [0.29, 0.717) is 26.3 Å². The van der Waals surface area contributed by atoms with Crippen molar-refractivity contribution >= 4 is 10.0 Å². The van der Waals surface area contributed by atoms with Gasteiger partial charge >= 0.3 is 0 Å². The zero-order valence-corrected chi connectivity index (χ0v) is 9.85. The summed E-state index contributed by atoms with van der Waals surface area (Å²) in [6.45, 7) is 1.51. The summed E-state index contributed by atoms with van der Waals surface area (Å²) < 4.78 is 30.7. The maximum absolute atomic E-state index is 12.1. The van der Waals surface area contributed by atoms with Crippen molar-refractivity contribution in [3.05, 3.63) is 24.0 Å². The molecule has 7 heteroatoms. The molecule has 0 N–H and O–H groups in total. The molecule has 0 bridgehead atoms. The first-order chi connectivity index (χ1) is 8.14. The van der Waals surface area contributed by atoms with Crippen LogP contribution in [0.4, 0.5) is 0 Å². The van der Waals surface area contributed by atoms with E-state index in [1.165, 1.54) is 22.6 Å². The van der Waals surface area contributed by atoms with E-state index < -0.39 is 10.0 Å². The minimum absolute atomic E-state index is 0.110. The van der Waals surface area contributed by atoms with Gasteiger partial charge in [-0.05, 0) is 12.1 Å². The molecule has 1 aromatic rings. The van der Waals surface area contributed by atoms with E-state index in [0.717, 1.165) is 0 Å². The number of hydrogen-bond acceptors (Lipinski definition) is 5. The molecule has 1 fully saturated rings. The van der Waals surface area contributed by atoms with Gasteiger partial charge in [0.2, 0.25) is 10.0 Å². The van der Waals surface area contributed by atoms with Crippen molar-refractivity contribution in [1.29, 1.82) is 5.26 Å². The first-order valence-electron chi connectivity index (χ1n) is 5.08. The summed E-state index contributed by atoms with van der Waals surface area (Å²) in [6.07, 6.45) is 1.21. The Balaban J connectivity index is 2.27. The molecule has 6 nitrogen and oxygen atoms in total. The van der Waals surface area contributed by atoms with Gasteiger partial charge in [0, 0.05) is 19.3 Å². The molecule has 0 saturated carbocycles. The lowest BCUT2D eigenvalue weighted by Gasteiger charge is -2.25. The topological polar surface area (TPSA) is 83.3 Å². The standard InChI is InChI=1S/C10H11N3O3S/c11-7-9-1-2-10(8-12-9)17(14,15)13-3-5-16-6-4-13/h1-2,8H,3-6H2. The van der Waals surface area contributed by atoms with E-state index >= 15 is 0 Å². The predicted octanol–water partition coefficient (Wildman–Crippen LogP) is -0.0258. The Labute approximate surface area is 99.5 Å². The molecule has 0 radical (unpaired) electrons. The van der Waals surface area contributed by atoms with E-state index in [1.54, 1.807) is 0 Å². The summed E-state index contributed by atoms with van der Waals surface area (Å²) >= 11 is 0. The molecule has 1 saturated heterocycles. The van der Waals surface area contributed by atoms with Crippen molar-refractivity contribution in [2.45, 2.75) is 4.90 Å². The second kappa shape index (κ2) is 4.79. The fraction of sp³-hybridized carbons (Fsp3) is 0.400. The molecular weight excluding hydrogens is 242 g/mol. The van der Waals surface area contributed by atoms with Crippen LogP contribution in [-0.2, 0) is 14.8 Å². The average Bonchev–Trinajstić information content (AvgIpc) is 2.40. The van der Waals surface area contributed by atoms with E-state index in [4.69, 9.17) is 10.00 Å². The highest BCUT2D eigenvalue weighted by molar-refractivity contribution is 7.89. The van der Waals surface area contributed by atoms with E-state index in [9.17, 15) is 8.42 Å². The quantitative estimate of drug-likeness (QED) is 0.739. The van der Waals surface area contributed by atoms with Crippen molar-refractivity contribution < 1.29 is 13.2 Å². The molecule has 0 amide bonds. The number of morpholine rings is 1. The fourth-order valence-corrected chi connectivity index (χ4v) is 2.89. The van der Waals surface area contributed by atoms with Crippen LogP contribution in [0.5, 0.6) is 0 Å². The molecule has 0 aliphatic carbocycles. The molecule has 0 aromatic carbocycles. The highest BCUT2D eigenvalue weighted by Gasteiger charge is 2.26. The van der Waals surface area contributed by atoms with Crippen LogP contribution in [0.15, 0.2) is 23.2 Å². The van der Waals surface area contributed by atoms with Gasteiger partial charge in [0.05, 0.1) is 13.2 Å².